The second kappa shape index (κ2) is 12.0. The number of unbranched alkanes of at least 4 members (excludes halogenated alkanes) is 1. The summed E-state index contributed by atoms with van der Waals surface area (Å²) in [6.45, 7) is 5.30. The largest absolute Gasteiger partial charge is 0.504 e. The lowest BCUT2D eigenvalue weighted by Gasteiger charge is -2.22. The Balaban J connectivity index is 1.94. The first-order chi connectivity index (χ1) is 16.4. The molecule has 0 heterocycles. The van der Waals surface area contributed by atoms with Gasteiger partial charge in [-0.15, -0.1) is 0 Å². The number of phenols is 4. The Morgan fingerprint density at radius 2 is 1.40 bits per heavy atom. The minimum Gasteiger partial charge on any atom is -0.504 e. The molecule has 2 aromatic carbocycles. The average Bonchev–Trinajstić information content (AvgIpc) is 2.79. The summed E-state index contributed by atoms with van der Waals surface area (Å²) in [5, 5.41) is 44.3. The lowest BCUT2D eigenvalue weighted by molar-refractivity contribution is -0.153. The van der Waals surface area contributed by atoms with Gasteiger partial charge in [-0.1, -0.05) is 12.1 Å². The molecule has 0 spiro atoms. The molecule has 2 rings (SSSR count). The Hall–Kier alpha value is -3.95. The van der Waals surface area contributed by atoms with Gasteiger partial charge in [-0.2, -0.15) is 0 Å². The predicted octanol–water partition coefficient (Wildman–Crippen LogP) is 2.80. The standard InChI is InChI=1S/C25H32N2O8/c1-25(2,3)24(34)35-14-15(27-23(33)17-10-7-12-19(29)21(17)31)8-4-5-13-26-22(32)16-9-6-11-18(28)20(16)30/h6-7,9-12,15,28-31H,4-5,8,13-14H2,1-3H3,(H,26,32)(H,27,33). The first kappa shape index (κ1) is 27.3. The van der Waals surface area contributed by atoms with E-state index in [0.29, 0.717) is 19.3 Å². The SMILES string of the molecule is CC(C)(C)C(=O)OCC(CCCCNC(=O)c1cccc(O)c1O)NC(=O)c1cccc(O)c1O. The molecule has 190 valence electrons. The molecule has 0 aliphatic heterocycles. The van der Waals surface area contributed by atoms with E-state index in [2.05, 4.69) is 10.6 Å². The molecule has 2 aromatic rings. The molecule has 0 saturated heterocycles. The summed E-state index contributed by atoms with van der Waals surface area (Å²) >= 11 is 0. The summed E-state index contributed by atoms with van der Waals surface area (Å²) in [5.74, 6) is -3.47. The normalized spacial score (nSPS) is 12.0. The second-order valence-electron chi connectivity index (χ2n) is 9.12. The van der Waals surface area contributed by atoms with Gasteiger partial charge < -0.3 is 35.8 Å². The zero-order valence-electron chi connectivity index (χ0n) is 20.0. The molecule has 0 bridgehead atoms. The zero-order chi connectivity index (χ0) is 26.2. The zero-order valence-corrected chi connectivity index (χ0v) is 20.0. The maximum Gasteiger partial charge on any atom is 0.311 e. The van der Waals surface area contributed by atoms with Crippen LogP contribution in [0.4, 0.5) is 0 Å². The van der Waals surface area contributed by atoms with Gasteiger partial charge in [-0.05, 0) is 64.3 Å². The molecule has 6 N–H and O–H groups in total. The quantitative estimate of drug-likeness (QED) is 0.169. The minimum atomic E-state index is -0.722. The van der Waals surface area contributed by atoms with Crippen LogP contribution in [-0.4, -0.2) is 57.4 Å². The highest BCUT2D eigenvalue weighted by molar-refractivity contribution is 5.98. The van der Waals surface area contributed by atoms with Crippen molar-refractivity contribution in [1.82, 2.24) is 10.6 Å². The summed E-state index contributed by atoms with van der Waals surface area (Å²) in [4.78, 5) is 37.0. The maximum absolute atomic E-state index is 12.6. The van der Waals surface area contributed by atoms with Crippen molar-refractivity contribution in [2.24, 2.45) is 5.41 Å². The van der Waals surface area contributed by atoms with E-state index in [1.54, 1.807) is 20.8 Å². The van der Waals surface area contributed by atoms with Crippen molar-refractivity contribution in [1.29, 1.82) is 0 Å². The van der Waals surface area contributed by atoms with E-state index < -0.39 is 46.5 Å². The molecule has 0 aromatic heterocycles. The number of aromatic hydroxyl groups is 4. The molecule has 2 amide bonds. The third-order valence-electron chi connectivity index (χ3n) is 5.15. The van der Waals surface area contributed by atoms with Crippen molar-refractivity contribution < 1.29 is 39.5 Å². The minimum absolute atomic E-state index is 0.0462. The van der Waals surface area contributed by atoms with Crippen molar-refractivity contribution in [3.63, 3.8) is 0 Å². The smallest absolute Gasteiger partial charge is 0.311 e. The lowest BCUT2D eigenvalue weighted by atomic mass is 9.97. The van der Waals surface area contributed by atoms with Crippen LogP contribution in [-0.2, 0) is 9.53 Å². The number of benzene rings is 2. The highest BCUT2D eigenvalue weighted by atomic mass is 16.5. The third kappa shape index (κ3) is 7.80. The van der Waals surface area contributed by atoms with Gasteiger partial charge in [-0.3, -0.25) is 14.4 Å². The highest BCUT2D eigenvalue weighted by Crippen LogP contribution is 2.29. The molecule has 1 unspecified atom stereocenters. The molecule has 0 fully saturated rings. The van der Waals surface area contributed by atoms with Gasteiger partial charge >= 0.3 is 5.97 Å². The van der Waals surface area contributed by atoms with E-state index in [-0.39, 0.29) is 30.0 Å². The molecule has 10 heteroatoms. The first-order valence-electron chi connectivity index (χ1n) is 11.2. The van der Waals surface area contributed by atoms with E-state index in [1.165, 1.54) is 36.4 Å². The first-order valence-corrected chi connectivity index (χ1v) is 11.2. The molecule has 10 nitrogen and oxygen atoms in total. The summed E-state index contributed by atoms with van der Waals surface area (Å²) < 4.78 is 5.35. The van der Waals surface area contributed by atoms with Crippen molar-refractivity contribution in [3.8, 4) is 23.0 Å². The van der Waals surface area contributed by atoms with Crippen molar-refractivity contribution in [3.05, 3.63) is 47.5 Å². The van der Waals surface area contributed by atoms with Crippen LogP contribution in [0.15, 0.2) is 36.4 Å². The van der Waals surface area contributed by atoms with Gasteiger partial charge in [-0.25, -0.2) is 0 Å². The number of amides is 2. The third-order valence-corrected chi connectivity index (χ3v) is 5.15. The number of ether oxygens (including phenoxy) is 1. The number of carbonyl (C=O) groups is 3. The van der Waals surface area contributed by atoms with Crippen molar-refractivity contribution in [2.75, 3.05) is 13.2 Å². The Kier molecular flexibility index (Phi) is 9.33. The van der Waals surface area contributed by atoms with Gasteiger partial charge in [0.05, 0.1) is 22.6 Å². The molecule has 35 heavy (non-hydrogen) atoms. The van der Waals surface area contributed by atoms with Gasteiger partial charge in [0, 0.05) is 6.54 Å². The molecule has 0 aliphatic carbocycles. The molecule has 1 atom stereocenters. The molecule has 0 aliphatic rings. The van der Waals surface area contributed by atoms with E-state index >= 15 is 0 Å². The van der Waals surface area contributed by atoms with Gasteiger partial charge in [0.25, 0.3) is 11.8 Å². The van der Waals surface area contributed by atoms with Crippen LogP contribution in [0.2, 0.25) is 0 Å². The van der Waals surface area contributed by atoms with E-state index in [9.17, 15) is 34.8 Å². The van der Waals surface area contributed by atoms with E-state index in [0.717, 1.165) is 0 Å². The Bertz CT molecular complexity index is 1060. The van der Waals surface area contributed by atoms with E-state index in [4.69, 9.17) is 4.74 Å². The number of para-hydroxylation sites is 2. The monoisotopic (exact) mass is 488 g/mol. The summed E-state index contributed by atoms with van der Waals surface area (Å²) in [6, 6.07) is 7.54. The fourth-order valence-electron chi connectivity index (χ4n) is 3.10. The molecular weight excluding hydrogens is 456 g/mol. The van der Waals surface area contributed by atoms with Crippen molar-refractivity contribution in [2.45, 2.75) is 46.1 Å². The van der Waals surface area contributed by atoms with Crippen LogP contribution in [0.25, 0.3) is 0 Å². The Labute approximate surface area is 203 Å². The topological polar surface area (TPSA) is 165 Å². The molecular formula is C25H32N2O8. The number of rotatable bonds is 10. The molecule has 0 radical (unpaired) electrons. The summed E-state index contributed by atoms with van der Waals surface area (Å²) in [6.07, 6.45) is 1.45. The van der Waals surface area contributed by atoms with Crippen LogP contribution >= 0.6 is 0 Å². The molecule has 0 saturated carbocycles. The fourth-order valence-corrected chi connectivity index (χ4v) is 3.10. The average molecular weight is 489 g/mol. The fraction of sp³-hybridized carbons (Fsp3) is 0.400. The number of hydrogen-bond donors (Lipinski definition) is 6. The lowest BCUT2D eigenvalue weighted by Crippen LogP contribution is -2.40. The number of nitrogens with one attached hydrogen (secondary N) is 2. The summed E-state index contributed by atoms with van der Waals surface area (Å²) in [7, 11) is 0. The highest BCUT2D eigenvalue weighted by Gasteiger charge is 2.25. The number of carbonyl (C=O) groups excluding carboxylic acids is 3. The van der Waals surface area contributed by atoms with Crippen LogP contribution in [0.5, 0.6) is 23.0 Å². The van der Waals surface area contributed by atoms with Crippen LogP contribution in [0.1, 0.15) is 60.7 Å². The Morgan fingerprint density at radius 3 is 1.94 bits per heavy atom. The van der Waals surface area contributed by atoms with Crippen LogP contribution < -0.4 is 10.6 Å². The number of hydrogen-bond acceptors (Lipinski definition) is 8. The number of esters is 1. The van der Waals surface area contributed by atoms with E-state index in [1.807, 2.05) is 0 Å². The maximum atomic E-state index is 12.6. The summed E-state index contributed by atoms with van der Waals surface area (Å²) in [5.41, 5.74) is -0.884. The predicted molar refractivity (Wildman–Crippen MR) is 127 cm³/mol. The Morgan fingerprint density at radius 1 is 0.857 bits per heavy atom. The van der Waals surface area contributed by atoms with Gasteiger partial charge in [0.2, 0.25) is 0 Å². The number of phenolic OH excluding ortho intramolecular Hbond substituents is 4. The second-order valence-corrected chi connectivity index (χ2v) is 9.12. The van der Waals surface area contributed by atoms with Crippen molar-refractivity contribution >= 4 is 17.8 Å². The van der Waals surface area contributed by atoms with Gasteiger partial charge in [0.1, 0.15) is 6.61 Å². The van der Waals surface area contributed by atoms with Crippen LogP contribution in [0, 0.1) is 5.41 Å². The van der Waals surface area contributed by atoms with Crippen LogP contribution in [0.3, 0.4) is 0 Å². The van der Waals surface area contributed by atoms with Gasteiger partial charge in [0.15, 0.2) is 23.0 Å².